The second-order valence-electron chi connectivity index (χ2n) is 6.05. The third kappa shape index (κ3) is 6.14. The molecule has 2 heterocycles. The maximum Gasteiger partial charge on any atom is 0.194 e. The molecule has 1 aromatic heterocycles. The van der Waals surface area contributed by atoms with Crippen LogP contribution in [0.25, 0.3) is 0 Å². The molecule has 0 unspecified atom stereocenters. The lowest BCUT2D eigenvalue weighted by Crippen LogP contribution is -2.52. The van der Waals surface area contributed by atoms with Gasteiger partial charge in [0.2, 0.25) is 0 Å². The van der Waals surface area contributed by atoms with Crippen molar-refractivity contribution in [3.8, 4) is 0 Å². The summed E-state index contributed by atoms with van der Waals surface area (Å²) in [7, 11) is 0. The molecule has 0 amide bonds. The molecule has 0 atom stereocenters. The second kappa shape index (κ2) is 10.7. The summed E-state index contributed by atoms with van der Waals surface area (Å²) >= 11 is 6.08. The summed E-state index contributed by atoms with van der Waals surface area (Å²) in [5.41, 5.74) is 2.10. The van der Waals surface area contributed by atoms with Crippen molar-refractivity contribution in [2.75, 3.05) is 32.7 Å². The van der Waals surface area contributed by atoms with Gasteiger partial charge in [-0.1, -0.05) is 28.9 Å². The summed E-state index contributed by atoms with van der Waals surface area (Å²) in [5, 5.41) is 8.08. The zero-order chi connectivity index (χ0) is 17.5. The fourth-order valence-corrected chi connectivity index (χ4v) is 3.12. The van der Waals surface area contributed by atoms with Gasteiger partial charge >= 0.3 is 0 Å². The van der Waals surface area contributed by atoms with Gasteiger partial charge in [0, 0.05) is 50.4 Å². The highest BCUT2D eigenvalue weighted by molar-refractivity contribution is 14.0. The molecule has 0 radical (unpaired) electrons. The van der Waals surface area contributed by atoms with E-state index in [1.165, 1.54) is 5.56 Å². The van der Waals surface area contributed by atoms with Crippen molar-refractivity contribution in [3.63, 3.8) is 0 Å². The zero-order valence-electron chi connectivity index (χ0n) is 14.9. The highest BCUT2D eigenvalue weighted by atomic mass is 127. The standard InChI is InChI=1S/C18H24ClN5O.HI/c1-2-20-18(21-13-17-6-11-25-22-17)24-9-7-23(8-10-24)14-15-4-3-5-16(19)12-15;/h3-6,11-12H,2,7-10,13-14H2,1H3,(H,20,21);1H. The largest absolute Gasteiger partial charge is 0.364 e. The highest BCUT2D eigenvalue weighted by Gasteiger charge is 2.19. The van der Waals surface area contributed by atoms with E-state index in [1.54, 1.807) is 6.26 Å². The van der Waals surface area contributed by atoms with Crippen molar-refractivity contribution in [3.05, 3.63) is 52.9 Å². The van der Waals surface area contributed by atoms with Gasteiger partial charge in [-0.05, 0) is 24.6 Å². The molecular weight excluding hydrogens is 465 g/mol. The maximum atomic E-state index is 6.08. The van der Waals surface area contributed by atoms with E-state index >= 15 is 0 Å². The van der Waals surface area contributed by atoms with Gasteiger partial charge in [0.05, 0.1) is 6.54 Å². The number of nitrogens with one attached hydrogen (secondary N) is 1. The number of halogens is 2. The number of aromatic nitrogens is 1. The molecule has 1 aliphatic rings. The molecule has 1 aliphatic heterocycles. The highest BCUT2D eigenvalue weighted by Crippen LogP contribution is 2.14. The van der Waals surface area contributed by atoms with E-state index < -0.39 is 0 Å². The number of nitrogens with zero attached hydrogens (tertiary/aromatic N) is 4. The van der Waals surface area contributed by atoms with Crippen LogP contribution in [0.5, 0.6) is 0 Å². The molecule has 0 aliphatic carbocycles. The molecule has 26 heavy (non-hydrogen) atoms. The summed E-state index contributed by atoms with van der Waals surface area (Å²) in [5.74, 6) is 0.938. The van der Waals surface area contributed by atoms with Gasteiger partial charge in [0.25, 0.3) is 0 Å². The lowest BCUT2D eigenvalue weighted by Gasteiger charge is -2.36. The van der Waals surface area contributed by atoms with Gasteiger partial charge in [-0.2, -0.15) is 0 Å². The van der Waals surface area contributed by atoms with Crippen LogP contribution in [0.2, 0.25) is 5.02 Å². The summed E-state index contributed by atoms with van der Waals surface area (Å²) in [6.07, 6.45) is 1.58. The molecule has 0 saturated carbocycles. The molecule has 2 aromatic rings. The van der Waals surface area contributed by atoms with Crippen LogP contribution in [0.4, 0.5) is 0 Å². The predicted octanol–water partition coefficient (Wildman–Crippen LogP) is 3.23. The Labute approximate surface area is 176 Å². The maximum absolute atomic E-state index is 6.08. The van der Waals surface area contributed by atoms with Gasteiger partial charge in [-0.3, -0.25) is 4.90 Å². The number of benzene rings is 1. The Kier molecular flexibility index (Phi) is 8.67. The number of guanidine groups is 1. The first-order valence-electron chi connectivity index (χ1n) is 8.64. The third-order valence-electron chi connectivity index (χ3n) is 4.18. The summed E-state index contributed by atoms with van der Waals surface area (Å²) in [6.45, 7) is 8.29. The molecule has 1 saturated heterocycles. The van der Waals surface area contributed by atoms with Gasteiger partial charge in [-0.25, -0.2) is 4.99 Å². The SMILES string of the molecule is CCNC(=NCc1ccon1)N1CCN(Cc2cccc(Cl)c2)CC1.I. The number of piperazine rings is 1. The van der Waals surface area contributed by atoms with Crippen molar-refractivity contribution in [2.45, 2.75) is 20.0 Å². The Morgan fingerprint density at radius 3 is 2.73 bits per heavy atom. The number of hydrogen-bond acceptors (Lipinski definition) is 4. The molecule has 8 heteroatoms. The Morgan fingerprint density at radius 2 is 2.08 bits per heavy atom. The first-order chi connectivity index (χ1) is 12.2. The van der Waals surface area contributed by atoms with Crippen molar-refractivity contribution in [1.82, 2.24) is 20.3 Å². The van der Waals surface area contributed by atoms with Gasteiger partial charge < -0.3 is 14.7 Å². The number of hydrogen-bond donors (Lipinski definition) is 1. The predicted molar refractivity (Wildman–Crippen MR) is 115 cm³/mol. The van der Waals surface area contributed by atoms with Gasteiger partial charge in [0.15, 0.2) is 5.96 Å². The van der Waals surface area contributed by atoms with Crippen molar-refractivity contribution in [2.24, 2.45) is 4.99 Å². The average Bonchev–Trinajstić information content (AvgIpc) is 3.13. The van der Waals surface area contributed by atoms with E-state index in [2.05, 4.69) is 38.3 Å². The summed E-state index contributed by atoms with van der Waals surface area (Å²) < 4.78 is 4.86. The first kappa shape index (κ1) is 21.0. The minimum absolute atomic E-state index is 0. The molecule has 0 bridgehead atoms. The van der Waals surface area contributed by atoms with Crippen molar-refractivity contribution in [1.29, 1.82) is 0 Å². The minimum Gasteiger partial charge on any atom is -0.364 e. The van der Waals surface area contributed by atoms with Crippen LogP contribution >= 0.6 is 35.6 Å². The summed E-state index contributed by atoms with van der Waals surface area (Å²) in [4.78, 5) is 9.42. The van der Waals surface area contributed by atoms with Crippen LogP contribution in [0.3, 0.4) is 0 Å². The topological polar surface area (TPSA) is 56.9 Å². The molecule has 1 fully saturated rings. The molecular formula is C18H25ClIN5O. The van der Waals surface area contributed by atoms with Crippen LogP contribution in [0.1, 0.15) is 18.2 Å². The average molecular weight is 490 g/mol. The van der Waals surface area contributed by atoms with E-state index in [9.17, 15) is 0 Å². The fourth-order valence-electron chi connectivity index (χ4n) is 2.91. The molecule has 142 valence electrons. The summed E-state index contributed by atoms with van der Waals surface area (Å²) in [6, 6.07) is 9.93. The number of aliphatic imine (C=N–C) groups is 1. The van der Waals surface area contributed by atoms with Gasteiger partial charge in [0.1, 0.15) is 12.0 Å². The van der Waals surface area contributed by atoms with Crippen LogP contribution in [0.15, 0.2) is 46.1 Å². The van der Waals surface area contributed by atoms with Crippen molar-refractivity contribution >= 4 is 41.5 Å². The van der Waals surface area contributed by atoms with Crippen LogP contribution < -0.4 is 5.32 Å². The lowest BCUT2D eigenvalue weighted by atomic mass is 10.2. The molecule has 6 nitrogen and oxygen atoms in total. The first-order valence-corrected chi connectivity index (χ1v) is 9.01. The Balaban J connectivity index is 0.00000243. The minimum atomic E-state index is 0. The lowest BCUT2D eigenvalue weighted by molar-refractivity contribution is 0.172. The Hall–Kier alpha value is -1.32. The monoisotopic (exact) mass is 489 g/mol. The Bertz CT molecular complexity index is 687. The smallest absolute Gasteiger partial charge is 0.194 e. The van der Waals surface area contributed by atoms with Crippen molar-refractivity contribution < 1.29 is 4.52 Å². The Morgan fingerprint density at radius 1 is 1.27 bits per heavy atom. The fraction of sp³-hybridized carbons (Fsp3) is 0.444. The van der Waals surface area contributed by atoms with E-state index in [-0.39, 0.29) is 24.0 Å². The molecule has 0 spiro atoms. The third-order valence-corrected chi connectivity index (χ3v) is 4.42. The van der Waals surface area contributed by atoms with E-state index in [1.807, 2.05) is 24.3 Å². The zero-order valence-corrected chi connectivity index (χ0v) is 18.0. The van der Waals surface area contributed by atoms with E-state index in [4.69, 9.17) is 16.1 Å². The van der Waals surface area contributed by atoms with Gasteiger partial charge in [-0.15, -0.1) is 24.0 Å². The molecule has 3 rings (SSSR count). The number of rotatable bonds is 5. The normalized spacial score (nSPS) is 15.6. The quantitative estimate of drug-likeness (QED) is 0.397. The van der Waals surface area contributed by atoms with Crippen LogP contribution in [0, 0.1) is 0 Å². The van der Waals surface area contributed by atoms with Crippen LogP contribution in [-0.4, -0.2) is 53.6 Å². The van der Waals surface area contributed by atoms with E-state index in [0.29, 0.717) is 6.54 Å². The van der Waals surface area contributed by atoms with E-state index in [0.717, 1.165) is 55.9 Å². The molecule has 1 N–H and O–H groups in total. The second-order valence-corrected chi connectivity index (χ2v) is 6.49. The van der Waals surface area contributed by atoms with Crippen LogP contribution in [-0.2, 0) is 13.1 Å². The molecule has 1 aromatic carbocycles.